The zero-order valence-corrected chi connectivity index (χ0v) is 19.4. The first kappa shape index (κ1) is 25.3. The van der Waals surface area contributed by atoms with E-state index in [-0.39, 0.29) is 27.4 Å². The summed E-state index contributed by atoms with van der Waals surface area (Å²) in [6, 6.07) is 12.2. The number of alkyl halides is 3. The van der Waals surface area contributed by atoms with Crippen molar-refractivity contribution in [2.45, 2.75) is 31.5 Å². The lowest BCUT2D eigenvalue weighted by Gasteiger charge is -2.15. The van der Waals surface area contributed by atoms with Crippen LogP contribution >= 0.6 is 11.6 Å². The van der Waals surface area contributed by atoms with Gasteiger partial charge in [-0.2, -0.15) is 0 Å². The van der Waals surface area contributed by atoms with Gasteiger partial charge in [0.1, 0.15) is 11.7 Å². The molecule has 1 amide bonds. The Kier molecular flexibility index (Phi) is 7.07. The fourth-order valence-electron chi connectivity index (χ4n) is 3.85. The third-order valence-corrected chi connectivity index (χ3v) is 6.01. The van der Waals surface area contributed by atoms with Gasteiger partial charge in [-0.15, -0.1) is 13.2 Å². The molecule has 0 radical (unpaired) electrons. The molecule has 1 aromatic heterocycles. The molecule has 1 aliphatic rings. The van der Waals surface area contributed by atoms with Crippen LogP contribution in [0.1, 0.15) is 41.2 Å². The van der Waals surface area contributed by atoms with Crippen LogP contribution in [0.3, 0.4) is 0 Å². The molecule has 1 atom stereocenters. The second-order valence-electron chi connectivity index (χ2n) is 8.48. The van der Waals surface area contributed by atoms with Crippen LogP contribution in [0.4, 0.5) is 18.9 Å². The second-order valence-corrected chi connectivity index (χ2v) is 8.92. The number of hydrogen-bond donors (Lipinski definition) is 3. The van der Waals surface area contributed by atoms with E-state index in [0.717, 1.165) is 18.9 Å². The number of carboxylic acid groups (broad SMARTS) is 1. The van der Waals surface area contributed by atoms with Crippen LogP contribution in [0, 0.1) is 5.92 Å². The number of aromatic carboxylic acids is 1. The van der Waals surface area contributed by atoms with Crippen molar-refractivity contribution in [2.24, 2.45) is 5.92 Å². The molecule has 1 unspecified atom stereocenters. The van der Waals surface area contributed by atoms with Gasteiger partial charge in [-0.25, -0.2) is 4.79 Å². The molecule has 188 valence electrons. The third kappa shape index (κ3) is 6.25. The van der Waals surface area contributed by atoms with Gasteiger partial charge < -0.3 is 15.2 Å². The highest BCUT2D eigenvalue weighted by Gasteiger charge is 2.37. The van der Waals surface area contributed by atoms with E-state index in [9.17, 15) is 28.0 Å². The molecule has 3 aromatic rings. The van der Waals surface area contributed by atoms with E-state index < -0.39 is 29.9 Å². The summed E-state index contributed by atoms with van der Waals surface area (Å²) in [6.07, 6.45) is -1.38. The number of pyridine rings is 1. The number of nitrogens with one attached hydrogen (secondary N) is 1. The number of nitrogens with zero attached hydrogens (tertiary/aromatic N) is 1. The van der Waals surface area contributed by atoms with E-state index >= 15 is 0 Å². The normalized spacial score (nSPS) is 14.2. The number of anilines is 1. The van der Waals surface area contributed by atoms with Crippen molar-refractivity contribution in [3.8, 4) is 16.9 Å². The monoisotopic (exact) mass is 521 g/mol. The average molecular weight is 522 g/mol. The lowest BCUT2D eigenvalue weighted by molar-refractivity contribution is -0.909. The van der Waals surface area contributed by atoms with Gasteiger partial charge in [0.25, 0.3) is 0 Å². The SMILES string of the molecule is O=C(O)c1ccc(NC(=O)C(CC2CC2)c2ccc(-c3cc(Cl)ccc3OC(F)(F)F)c[n+]2O)cc1. The quantitative estimate of drug-likeness (QED) is 0.263. The number of halogens is 4. The molecule has 11 heteroatoms. The standard InChI is InChI=1S/C25H20ClF3N2O5/c26-17-6-10-22(36-25(27,28)29)19(12-17)16-5-9-21(31(35)13-16)20(11-14-1-2-14)23(32)30-18-7-3-15(4-8-18)24(33)34/h3-10,12-14,20H,1-2,11H2,(H2-,30,32,33,34,35)/p+1. The highest BCUT2D eigenvalue weighted by molar-refractivity contribution is 6.31. The lowest BCUT2D eigenvalue weighted by Crippen LogP contribution is -2.39. The highest BCUT2D eigenvalue weighted by atomic mass is 35.5. The Morgan fingerprint density at radius 2 is 1.81 bits per heavy atom. The van der Waals surface area contributed by atoms with Crippen LogP contribution in [0.15, 0.2) is 60.8 Å². The lowest BCUT2D eigenvalue weighted by atomic mass is 9.95. The molecule has 4 rings (SSSR count). The second kappa shape index (κ2) is 10.1. The Morgan fingerprint density at radius 3 is 2.39 bits per heavy atom. The number of amides is 1. The molecule has 0 spiro atoms. The van der Waals surface area contributed by atoms with E-state index in [0.29, 0.717) is 22.8 Å². The number of hydrogen-bond acceptors (Lipinski definition) is 4. The maximum atomic E-state index is 13.1. The summed E-state index contributed by atoms with van der Waals surface area (Å²) in [4.78, 5) is 24.2. The highest BCUT2D eigenvalue weighted by Crippen LogP contribution is 2.39. The Labute approximate surface area is 208 Å². The number of benzene rings is 2. The Hall–Kier alpha value is -3.79. The summed E-state index contributed by atoms with van der Waals surface area (Å²) < 4.78 is 43.4. The van der Waals surface area contributed by atoms with Crippen LogP contribution in [0.5, 0.6) is 5.75 Å². The molecule has 2 aromatic carbocycles. The number of ether oxygens (including phenoxy) is 1. The first-order valence-electron chi connectivity index (χ1n) is 10.9. The van der Waals surface area contributed by atoms with Crippen LogP contribution in [0.25, 0.3) is 11.1 Å². The van der Waals surface area contributed by atoms with E-state index in [1.165, 1.54) is 54.7 Å². The minimum atomic E-state index is -4.92. The maximum absolute atomic E-state index is 13.1. The number of carboxylic acids is 1. The van der Waals surface area contributed by atoms with Gasteiger partial charge in [-0.05, 0) is 60.9 Å². The van der Waals surface area contributed by atoms with Crippen LogP contribution in [0.2, 0.25) is 5.02 Å². The molecule has 1 fully saturated rings. The third-order valence-electron chi connectivity index (χ3n) is 5.78. The predicted molar refractivity (Wildman–Crippen MR) is 123 cm³/mol. The van der Waals surface area contributed by atoms with Gasteiger partial charge in [-0.3, -0.25) is 10.0 Å². The first-order valence-corrected chi connectivity index (χ1v) is 11.3. The summed E-state index contributed by atoms with van der Waals surface area (Å²) in [6.45, 7) is 0. The molecule has 1 aliphatic carbocycles. The maximum Gasteiger partial charge on any atom is 0.573 e. The summed E-state index contributed by atoms with van der Waals surface area (Å²) in [5, 5.41) is 22.7. The molecule has 3 N–H and O–H groups in total. The topological polar surface area (TPSA) is 99.7 Å². The van der Waals surface area contributed by atoms with Crippen molar-refractivity contribution in [1.82, 2.24) is 0 Å². The van der Waals surface area contributed by atoms with Gasteiger partial charge in [0.2, 0.25) is 17.8 Å². The fourth-order valence-corrected chi connectivity index (χ4v) is 4.02. The van der Waals surface area contributed by atoms with E-state index in [1.54, 1.807) is 0 Å². The zero-order valence-electron chi connectivity index (χ0n) is 18.6. The fraction of sp³-hybridized carbons (Fsp3) is 0.240. The van der Waals surface area contributed by atoms with Gasteiger partial charge in [0, 0.05) is 27.1 Å². The molecular weight excluding hydrogens is 501 g/mol. The minimum absolute atomic E-state index is 0.0101. The molecule has 1 saturated carbocycles. The van der Waals surface area contributed by atoms with Crippen molar-refractivity contribution in [3.05, 3.63) is 77.1 Å². The predicted octanol–water partition coefficient (Wildman–Crippen LogP) is 5.65. The number of carbonyl (C=O) groups is 2. The van der Waals surface area contributed by atoms with Crippen LogP contribution < -0.4 is 14.8 Å². The number of carbonyl (C=O) groups excluding carboxylic acids is 1. The van der Waals surface area contributed by atoms with E-state index in [2.05, 4.69) is 10.1 Å². The smallest absolute Gasteiger partial charge is 0.478 e. The van der Waals surface area contributed by atoms with Gasteiger partial charge >= 0.3 is 12.3 Å². The minimum Gasteiger partial charge on any atom is -0.478 e. The van der Waals surface area contributed by atoms with Crippen LogP contribution in [-0.4, -0.2) is 28.6 Å². The van der Waals surface area contributed by atoms with Crippen molar-refractivity contribution >= 4 is 29.2 Å². The summed E-state index contributed by atoms with van der Waals surface area (Å²) in [5.41, 5.74) is 0.903. The van der Waals surface area contributed by atoms with Gasteiger partial charge in [0.05, 0.1) is 11.1 Å². The molecule has 0 aliphatic heterocycles. The number of rotatable bonds is 8. The molecule has 7 nitrogen and oxygen atoms in total. The molecule has 0 saturated heterocycles. The Morgan fingerprint density at radius 1 is 1.11 bits per heavy atom. The summed E-state index contributed by atoms with van der Waals surface area (Å²) >= 11 is 5.98. The van der Waals surface area contributed by atoms with E-state index in [1.807, 2.05) is 0 Å². The molecule has 1 heterocycles. The first-order chi connectivity index (χ1) is 17.0. The largest absolute Gasteiger partial charge is 0.573 e. The summed E-state index contributed by atoms with van der Waals surface area (Å²) in [5.74, 6) is -2.46. The van der Waals surface area contributed by atoms with Crippen molar-refractivity contribution in [2.75, 3.05) is 5.32 Å². The molecule has 0 bridgehead atoms. The van der Waals surface area contributed by atoms with Crippen molar-refractivity contribution < 1.29 is 42.5 Å². The van der Waals surface area contributed by atoms with Gasteiger partial charge in [-0.1, -0.05) is 24.4 Å². The Bertz CT molecular complexity index is 1290. The average Bonchev–Trinajstić information content (AvgIpc) is 3.62. The van der Waals surface area contributed by atoms with E-state index in [4.69, 9.17) is 16.7 Å². The number of aromatic nitrogens is 1. The summed E-state index contributed by atoms with van der Waals surface area (Å²) in [7, 11) is 0. The Balaban J connectivity index is 1.62. The van der Waals surface area contributed by atoms with Crippen LogP contribution in [-0.2, 0) is 4.79 Å². The van der Waals surface area contributed by atoms with Gasteiger partial charge in [0.15, 0.2) is 0 Å². The zero-order chi connectivity index (χ0) is 26.0. The molecule has 36 heavy (non-hydrogen) atoms. The van der Waals surface area contributed by atoms with Crippen molar-refractivity contribution in [1.29, 1.82) is 0 Å². The van der Waals surface area contributed by atoms with Crippen molar-refractivity contribution in [3.63, 3.8) is 0 Å². The molecular formula is C25H21ClF3N2O5+.